The van der Waals surface area contributed by atoms with Gasteiger partial charge in [-0.15, -0.1) is 0 Å². The first-order valence-electron chi connectivity index (χ1n) is 4.47. The number of rotatable bonds is 3. The number of hydrogen-bond donors (Lipinski definition) is 3. The standard InChI is InChI=1S/C10H6ClIN6/c11-6-2-8(7(12)1-5(6)3-13)17-18-9(4-14)10(15)16/h1-2,17H,(H3,15,16)/b18-9+. The van der Waals surface area contributed by atoms with Crippen molar-refractivity contribution >= 4 is 51.4 Å². The average Bonchev–Trinajstić information content (AvgIpc) is 2.33. The predicted molar refractivity (Wildman–Crippen MR) is 77.5 cm³/mol. The SMILES string of the molecule is N#C/C(=N\Nc1cc(Cl)c(C#N)cc1I)C(=N)N. The number of nitrogens with two attached hydrogens (primary N) is 1. The summed E-state index contributed by atoms with van der Waals surface area (Å²) in [6.45, 7) is 0. The Morgan fingerprint density at radius 2 is 2.17 bits per heavy atom. The minimum Gasteiger partial charge on any atom is -0.382 e. The van der Waals surface area contributed by atoms with Gasteiger partial charge >= 0.3 is 0 Å². The summed E-state index contributed by atoms with van der Waals surface area (Å²) in [5, 5.41) is 28.5. The Hall–Kier alpha value is -1.84. The highest BCUT2D eigenvalue weighted by atomic mass is 127. The van der Waals surface area contributed by atoms with Gasteiger partial charge in [0.25, 0.3) is 0 Å². The molecule has 0 aliphatic heterocycles. The monoisotopic (exact) mass is 372 g/mol. The van der Waals surface area contributed by atoms with E-state index in [0.717, 1.165) is 0 Å². The molecule has 0 atom stereocenters. The van der Waals surface area contributed by atoms with Crippen molar-refractivity contribution in [1.82, 2.24) is 0 Å². The van der Waals surface area contributed by atoms with Gasteiger partial charge < -0.3 is 5.73 Å². The van der Waals surface area contributed by atoms with Crippen LogP contribution in [0.2, 0.25) is 5.02 Å². The molecule has 90 valence electrons. The molecule has 0 unspecified atom stereocenters. The Kier molecular flexibility index (Phi) is 4.89. The molecule has 0 amide bonds. The molecule has 0 aliphatic rings. The highest BCUT2D eigenvalue weighted by Crippen LogP contribution is 2.26. The van der Waals surface area contributed by atoms with Gasteiger partial charge in [-0.25, -0.2) is 0 Å². The van der Waals surface area contributed by atoms with Crippen molar-refractivity contribution in [1.29, 1.82) is 15.9 Å². The topological polar surface area (TPSA) is 122 Å². The second-order valence-corrected chi connectivity index (χ2v) is 4.59. The van der Waals surface area contributed by atoms with Crippen LogP contribution in [0.4, 0.5) is 5.69 Å². The number of halogens is 2. The van der Waals surface area contributed by atoms with Crippen LogP contribution in [-0.4, -0.2) is 11.5 Å². The zero-order valence-corrected chi connectivity index (χ0v) is 11.7. The zero-order chi connectivity index (χ0) is 13.7. The third-order valence-electron chi connectivity index (χ3n) is 1.83. The summed E-state index contributed by atoms with van der Waals surface area (Å²) in [5.41, 5.74) is 8.37. The van der Waals surface area contributed by atoms with Gasteiger partial charge in [0.2, 0.25) is 5.71 Å². The Labute approximate surface area is 122 Å². The minimum absolute atomic E-state index is 0.230. The van der Waals surface area contributed by atoms with Crippen LogP contribution in [0.25, 0.3) is 0 Å². The predicted octanol–water partition coefficient (Wildman–Crippen LogP) is 2.04. The Morgan fingerprint density at radius 1 is 1.50 bits per heavy atom. The van der Waals surface area contributed by atoms with Crippen LogP contribution in [-0.2, 0) is 0 Å². The van der Waals surface area contributed by atoms with E-state index in [2.05, 4.69) is 10.5 Å². The number of hydrogen-bond acceptors (Lipinski definition) is 5. The van der Waals surface area contributed by atoms with Gasteiger partial charge in [-0.2, -0.15) is 15.6 Å². The third kappa shape index (κ3) is 3.32. The van der Waals surface area contributed by atoms with Crippen LogP contribution in [0, 0.1) is 31.6 Å². The van der Waals surface area contributed by atoms with Crippen LogP contribution >= 0.6 is 34.2 Å². The lowest BCUT2D eigenvalue weighted by molar-refractivity contribution is 1.32. The van der Waals surface area contributed by atoms with E-state index < -0.39 is 5.84 Å². The van der Waals surface area contributed by atoms with Gasteiger partial charge in [-0.1, -0.05) is 11.6 Å². The molecule has 8 heteroatoms. The van der Waals surface area contributed by atoms with E-state index in [9.17, 15) is 0 Å². The summed E-state index contributed by atoms with van der Waals surface area (Å²) in [6, 6.07) is 6.73. The molecule has 0 radical (unpaired) electrons. The molecule has 4 N–H and O–H groups in total. The summed E-state index contributed by atoms with van der Waals surface area (Å²) >= 11 is 7.86. The largest absolute Gasteiger partial charge is 0.382 e. The fourth-order valence-electron chi connectivity index (χ4n) is 0.980. The van der Waals surface area contributed by atoms with Crippen molar-refractivity contribution in [2.75, 3.05) is 5.43 Å². The third-order valence-corrected chi connectivity index (χ3v) is 3.03. The molecule has 1 aromatic rings. The zero-order valence-electron chi connectivity index (χ0n) is 8.83. The van der Waals surface area contributed by atoms with Crippen molar-refractivity contribution in [2.24, 2.45) is 10.8 Å². The number of amidine groups is 1. The van der Waals surface area contributed by atoms with E-state index in [4.69, 9.17) is 33.3 Å². The van der Waals surface area contributed by atoms with E-state index in [1.165, 1.54) is 6.07 Å². The quantitative estimate of drug-likeness (QED) is 0.325. The minimum atomic E-state index is -0.431. The van der Waals surface area contributed by atoms with Crippen LogP contribution < -0.4 is 11.2 Å². The summed E-state index contributed by atoms with van der Waals surface area (Å²) in [5.74, 6) is -0.431. The molecular formula is C10H6ClIN6. The fourth-order valence-corrected chi connectivity index (χ4v) is 1.77. The Bertz CT molecular complexity index is 610. The molecule has 0 spiro atoms. The van der Waals surface area contributed by atoms with Crippen LogP contribution in [0.15, 0.2) is 17.2 Å². The van der Waals surface area contributed by atoms with E-state index in [0.29, 0.717) is 14.8 Å². The Balaban J connectivity index is 3.08. The van der Waals surface area contributed by atoms with Gasteiger partial charge in [0, 0.05) is 3.57 Å². The maximum atomic E-state index is 8.79. The Morgan fingerprint density at radius 3 is 2.67 bits per heavy atom. The molecule has 0 fully saturated rings. The molecule has 0 saturated heterocycles. The number of nitrogens with one attached hydrogen (secondary N) is 2. The van der Waals surface area contributed by atoms with Crippen LogP contribution in [0.5, 0.6) is 0 Å². The normalized spacial score (nSPS) is 10.3. The number of nitrogens with zero attached hydrogens (tertiary/aromatic N) is 3. The molecule has 0 bridgehead atoms. The number of benzene rings is 1. The van der Waals surface area contributed by atoms with E-state index >= 15 is 0 Å². The van der Waals surface area contributed by atoms with Crippen molar-refractivity contribution in [3.8, 4) is 12.1 Å². The first-order valence-corrected chi connectivity index (χ1v) is 5.92. The molecule has 1 rings (SSSR count). The average molecular weight is 373 g/mol. The fraction of sp³-hybridized carbons (Fsp3) is 0. The first kappa shape index (κ1) is 14.2. The van der Waals surface area contributed by atoms with Crippen molar-refractivity contribution < 1.29 is 0 Å². The van der Waals surface area contributed by atoms with Crippen molar-refractivity contribution in [3.63, 3.8) is 0 Å². The van der Waals surface area contributed by atoms with Crippen molar-refractivity contribution in [3.05, 3.63) is 26.3 Å². The summed E-state index contributed by atoms with van der Waals surface area (Å²) in [7, 11) is 0. The summed E-state index contributed by atoms with van der Waals surface area (Å²) in [6.07, 6.45) is 0. The molecule has 0 aromatic heterocycles. The van der Waals surface area contributed by atoms with E-state index in [-0.39, 0.29) is 10.7 Å². The number of nitriles is 2. The maximum Gasteiger partial charge on any atom is 0.201 e. The van der Waals surface area contributed by atoms with E-state index in [1.807, 2.05) is 28.7 Å². The molecule has 6 nitrogen and oxygen atoms in total. The molecule has 0 aliphatic carbocycles. The van der Waals surface area contributed by atoms with Gasteiger partial charge in [0.05, 0.1) is 16.3 Å². The van der Waals surface area contributed by atoms with Gasteiger partial charge in [0.15, 0.2) is 5.84 Å². The van der Waals surface area contributed by atoms with Gasteiger partial charge in [0.1, 0.15) is 12.1 Å². The first-order chi connectivity index (χ1) is 8.49. The van der Waals surface area contributed by atoms with Gasteiger partial charge in [-0.3, -0.25) is 10.8 Å². The molecular weight excluding hydrogens is 367 g/mol. The molecule has 0 heterocycles. The maximum absolute atomic E-state index is 8.79. The summed E-state index contributed by atoms with van der Waals surface area (Å²) < 4.78 is 0.707. The molecule has 0 saturated carbocycles. The lowest BCUT2D eigenvalue weighted by Gasteiger charge is -2.05. The van der Waals surface area contributed by atoms with Crippen molar-refractivity contribution in [2.45, 2.75) is 0 Å². The van der Waals surface area contributed by atoms with Crippen LogP contribution in [0.3, 0.4) is 0 Å². The lowest BCUT2D eigenvalue weighted by atomic mass is 10.2. The highest BCUT2D eigenvalue weighted by Gasteiger charge is 2.07. The molecule has 18 heavy (non-hydrogen) atoms. The molecule has 1 aromatic carbocycles. The van der Waals surface area contributed by atoms with Crippen LogP contribution in [0.1, 0.15) is 5.56 Å². The second-order valence-electron chi connectivity index (χ2n) is 3.02. The lowest BCUT2D eigenvalue weighted by Crippen LogP contribution is -2.21. The number of anilines is 1. The van der Waals surface area contributed by atoms with Gasteiger partial charge in [-0.05, 0) is 34.7 Å². The smallest absolute Gasteiger partial charge is 0.201 e. The number of hydrazone groups is 1. The second kappa shape index (κ2) is 6.19. The highest BCUT2D eigenvalue weighted by molar-refractivity contribution is 14.1. The van der Waals surface area contributed by atoms with E-state index in [1.54, 1.807) is 12.1 Å². The summed E-state index contributed by atoms with van der Waals surface area (Å²) in [4.78, 5) is 0.